The first-order valence-corrected chi connectivity index (χ1v) is 10.7. The van der Waals surface area contributed by atoms with Crippen molar-refractivity contribution in [2.24, 2.45) is 0 Å². The summed E-state index contributed by atoms with van der Waals surface area (Å²) in [4.78, 5) is 16.8. The van der Waals surface area contributed by atoms with Crippen molar-refractivity contribution >= 4 is 27.7 Å². The number of carbonyl (C=O) groups is 1. The molecule has 0 fully saturated rings. The minimum absolute atomic E-state index is 0.228. The van der Waals surface area contributed by atoms with Gasteiger partial charge in [-0.25, -0.2) is 4.79 Å². The van der Waals surface area contributed by atoms with Crippen LogP contribution in [0.5, 0.6) is 5.75 Å². The largest absolute Gasteiger partial charge is 0.489 e. The van der Waals surface area contributed by atoms with E-state index in [0.717, 1.165) is 36.0 Å². The number of halogens is 1. The van der Waals surface area contributed by atoms with Crippen molar-refractivity contribution in [1.82, 2.24) is 4.90 Å². The van der Waals surface area contributed by atoms with E-state index in [0.29, 0.717) is 25.7 Å². The van der Waals surface area contributed by atoms with Gasteiger partial charge in [-0.1, -0.05) is 6.92 Å². The average Bonchev–Trinajstić information content (AvgIpc) is 2.79. The number of rotatable bonds is 2. The lowest BCUT2D eigenvalue weighted by Crippen LogP contribution is -2.42. The van der Waals surface area contributed by atoms with Crippen LogP contribution in [-0.4, -0.2) is 48.9 Å². The van der Waals surface area contributed by atoms with E-state index in [-0.39, 0.29) is 6.09 Å². The molecule has 6 heteroatoms. The molecule has 3 rings (SSSR count). The van der Waals surface area contributed by atoms with Crippen molar-refractivity contribution in [3.63, 3.8) is 0 Å². The monoisotopic (exact) mass is 438 g/mol. The van der Waals surface area contributed by atoms with Crippen molar-refractivity contribution in [1.29, 1.82) is 0 Å². The minimum atomic E-state index is -0.472. The number of nitrogens with zero attached hydrogens (tertiary/aromatic N) is 2. The van der Waals surface area contributed by atoms with Crippen LogP contribution in [-0.2, 0) is 17.6 Å². The zero-order valence-electron chi connectivity index (χ0n) is 17.1. The number of hydrogen-bond donors (Lipinski definition) is 0. The van der Waals surface area contributed by atoms with E-state index in [4.69, 9.17) is 9.47 Å². The van der Waals surface area contributed by atoms with Crippen LogP contribution in [0.4, 0.5) is 10.5 Å². The molecule has 27 heavy (non-hydrogen) atoms. The maximum atomic E-state index is 12.5. The van der Waals surface area contributed by atoms with Crippen molar-refractivity contribution in [2.45, 2.75) is 65.5 Å². The smallest absolute Gasteiger partial charge is 0.410 e. The van der Waals surface area contributed by atoms with Crippen LogP contribution in [0.2, 0.25) is 0 Å². The van der Waals surface area contributed by atoms with Gasteiger partial charge < -0.3 is 19.3 Å². The first-order chi connectivity index (χ1) is 12.7. The second-order valence-electron chi connectivity index (χ2n) is 8.50. The van der Waals surface area contributed by atoms with Crippen LogP contribution in [0.1, 0.15) is 52.2 Å². The zero-order chi connectivity index (χ0) is 19.8. The van der Waals surface area contributed by atoms with Gasteiger partial charge in [-0.05, 0) is 80.1 Å². The van der Waals surface area contributed by atoms with Crippen molar-refractivity contribution in [3.8, 4) is 5.75 Å². The summed E-state index contributed by atoms with van der Waals surface area (Å²) in [7, 11) is 0. The van der Waals surface area contributed by atoms with Gasteiger partial charge in [0.1, 0.15) is 18.0 Å². The lowest BCUT2D eigenvalue weighted by atomic mass is 9.99. The standard InChI is InChI=1S/C21H31BrN2O3/c1-6-9-24-14(2)13-26-17-12-15-7-10-23(20(25)27-21(3,4)5)11-8-16(15)18(22)19(17)24/h12,14H,6-11,13H2,1-5H3/t14-/m0/s1. The molecule has 0 spiro atoms. The van der Waals surface area contributed by atoms with Crippen LogP contribution in [0.3, 0.4) is 0 Å². The summed E-state index contributed by atoms with van der Waals surface area (Å²) in [6, 6.07) is 2.54. The molecule has 1 amide bonds. The fourth-order valence-corrected chi connectivity index (χ4v) is 4.67. The van der Waals surface area contributed by atoms with Crippen molar-refractivity contribution in [2.75, 3.05) is 31.1 Å². The molecule has 0 radical (unpaired) electrons. The van der Waals surface area contributed by atoms with Crippen LogP contribution < -0.4 is 9.64 Å². The van der Waals surface area contributed by atoms with Gasteiger partial charge in [0.05, 0.1) is 11.7 Å². The van der Waals surface area contributed by atoms with Gasteiger partial charge in [-0.2, -0.15) is 0 Å². The highest BCUT2D eigenvalue weighted by Gasteiger charge is 2.31. The molecule has 1 aromatic carbocycles. The zero-order valence-corrected chi connectivity index (χ0v) is 18.7. The molecule has 0 saturated carbocycles. The molecule has 0 aromatic heterocycles. The number of hydrogen-bond acceptors (Lipinski definition) is 4. The first-order valence-electron chi connectivity index (χ1n) is 9.93. The summed E-state index contributed by atoms with van der Waals surface area (Å²) in [6.45, 7) is 13.2. The minimum Gasteiger partial charge on any atom is -0.489 e. The molecule has 1 atom stereocenters. The van der Waals surface area contributed by atoms with Gasteiger partial charge in [-0.15, -0.1) is 0 Å². The second kappa shape index (κ2) is 7.90. The molecule has 2 heterocycles. The third-order valence-corrected chi connectivity index (χ3v) is 5.95. The van der Waals surface area contributed by atoms with Crippen LogP contribution >= 0.6 is 15.9 Å². The lowest BCUT2D eigenvalue weighted by Gasteiger charge is -2.38. The topological polar surface area (TPSA) is 42.0 Å². The average molecular weight is 439 g/mol. The van der Waals surface area contributed by atoms with Gasteiger partial charge in [0.15, 0.2) is 0 Å². The normalized spacial score (nSPS) is 19.7. The Morgan fingerprint density at radius 3 is 2.70 bits per heavy atom. The molecule has 2 aliphatic heterocycles. The predicted octanol–water partition coefficient (Wildman–Crippen LogP) is 4.78. The van der Waals surface area contributed by atoms with E-state index < -0.39 is 5.60 Å². The fraction of sp³-hybridized carbons (Fsp3) is 0.667. The highest BCUT2D eigenvalue weighted by molar-refractivity contribution is 9.10. The quantitative estimate of drug-likeness (QED) is 0.665. The Balaban J connectivity index is 1.87. The number of benzene rings is 1. The van der Waals surface area contributed by atoms with E-state index >= 15 is 0 Å². The summed E-state index contributed by atoms with van der Waals surface area (Å²) in [5.41, 5.74) is 3.25. The molecule has 0 unspecified atom stereocenters. The van der Waals surface area contributed by atoms with Crippen molar-refractivity contribution < 1.29 is 14.3 Å². The number of ether oxygens (including phenoxy) is 2. The molecule has 0 N–H and O–H groups in total. The second-order valence-corrected chi connectivity index (χ2v) is 9.29. The third kappa shape index (κ3) is 4.36. The fourth-order valence-electron chi connectivity index (χ4n) is 3.79. The highest BCUT2D eigenvalue weighted by atomic mass is 79.9. The van der Waals surface area contributed by atoms with E-state index in [1.807, 2.05) is 25.7 Å². The van der Waals surface area contributed by atoms with Gasteiger partial charge in [0.2, 0.25) is 0 Å². The molecule has 0 saturated heterocycles. The molecule has 0 bridgehead atoms. The van der Waals surface area contributed by atoms with Crippen molar-refractivity contribution in [3.05, 3.63) is 21.7 Å². The van der Waals surface area contributed by atoms with E-state index in [9.17, 15) is 4.79 Å². The van der Waals surface area contributed by atoms with Crippen LogP contribution in [0, 0.1) is 0 Å². The van der Waals surface area contributed by atoms with Crippen LogP contribution in [0.25, 0.3) is 0 Å². The molecule has 1 aromatic rings. The Kier molecular flexibility index (Phi) is 5.94. The lowest BCUT2D eigenvalue weighted by molar-refractivity contribution is 0.0258. The maximum absolute atomic E-state index is 12.5. The Morgan fingerprint density at radius 1 is 1.33 bits per heavy atom. The third-order valence-electron chi connectivity index (χ3n) is 5.10. The molecular weight excluding hydrogens is 408 g/mol. The Morgan fingerprint density at radius 2 is 2.04 bits per heavy atom. The van der Waals surface area contributed by atoms with Gasteiger partial charge in [0.25, 0.3) is 0 Å². The van der Waals surface area contributed by atoms with E-state index in [2.05, 4.69) is 40.7 Å². The number of fused-ring (bicyclic) bond motifs is 2. The molecule has 0 aliphatic carbocycles. The summed E-state index contributed by atoms with van der Waals surface area (Å²) >= 11 is 3.87. The predicted molar refractivity (Wildman–Crippen MR) is 112 cm³/mol. The molecule has 2 aliphatic rings. The van der Waals surface area contributed by atoms with Gasteiger partial charge >= 0.3 is 6.09 Å². The summed E-state index contributed by atoms with van der Waals surface area (Å²) in [5, 5.41) is 0. The van der Waals surface area contributed by atoms with Gasteiger partial charge in [-0.3, -0.25) is 0 Å². The highest BCUT2D eigenvalue weighted by Crippen LogP contribution is 2.44. The summed E-state index contributed by atoms with van der Waals surface area (Å²) in [5.74, 6) is 0.956. The van der Waals surface area contributed by atoms with E-state index in [1.54, 1.807) is 0 Å². The van der Waals surface area contributed by atoms with Gasteiger partial charge in [0, 0.05) is 24.1 Å². The molecule has 150 valence electrons. The first kappa shape index (κ1) is 20.3. The Hall–Kier alpha value is -1.43. The maximum Gasteiger partial charge on any atom is 0.410 e. The number of anilines is 1. The SMILES string of the molecule is CCCN1c2c(cc3c(c2Br)CCN(C(=O)OC(C)(C)C)CC3)OC[C@@H]1C. The number of carbonyl (C=O) groups excluding carboxylic acids is 1. The Bertz CT molecular complexity index is 714. The summed E-state index contributed by atoms with van der Waals surface area (Å²) in [6.07, 6.45) is 2.50. The van der Waals surface area contributed by atoms with E-state index in [1.165, 1.54) is 16.8 Å². The Labute approximate surface area is 171 Å². The number of amides is 1. The molecular formula is C21H31BrN2O3. The molecule has 5 nitrogen and oxygen atoms in total. The summed E-state index contributed by atoms with van der Waals surface area (Å²) < 4.78 is 12.8. The van der Waals surface area contributed by atoms with Crippen LogP contribution in [0.15, 0.2) is 10.5 Å².